The highest BCUT2D eigenvalue weighted by atomic mass is 16.6. The Morgan fingerprint density at radius 1 is 1.28 bits per heavy atom. The van der Waals surface area contributed by atoms with Crippen LogP contribution in [0, 0.1) is 11.3 Å². The number of carbonyl (C=O) groups is 3. The van der Waals surface area contributed by atoms with Gasteiger partial charge in [0.1, 0.15) is 23.4 Å². The van der Waals surface area contributed by atoms with Gasteiger partial charge in [0.25, 0.3) is 0 Å². The quantitative estimate of drug-likeness (QED) is 0.555. The molecule has 0 saturated carbocycles. The molecule has 5 rings (SSSR count). The van der Waals surface area contributed by atoms with E-state index in [0.717, 1.165) is 31.4 Å². The number of anilines is 3. The number of rotatable bonds is 6. The van der Waals surface area contributed by atoms with Crippen molar-refractivity contribution in [2.75, 3.05) is 55.0 Å². The molecule has 204 valence electrons. The van der Waals surface area contributed by atoms with Gasteiger partial charge in [-0.2, -0.15) is 5.26 Å². The SMILES string of the molecule is COC1CCN(c2cc(NC(=O)N3CCCc4cc(CN5CCCCOC5=O)c(C=O)nc43)ncc2C#N)C1. The lowest BCUT2D eigenvalue weighted by molar-refractivity contribution is 0.109. The smallest absolute Gasteiger partial charge is 0.410 e. The van der Waals surface area contributed by atoms with E-state index in [-0.39, 0.29) is 18.3 Å². The molecule has 0 radical (unpaired) electrons. The number of aldehydes is 1. The van der Waals surface area contributed by atoms with Crippen LogP contribution in [0.5, 0.6) is 0 Å². The number of carbonyl (C=O) groups excluding carboxylic acids is 3. The van der Waals surface area contributed by atoms with Crippen LogP contribution >= 0.6 is 0 Å². The fourth-order valence-electron chi connectivity index (χ4n) is 5.26. The fraction of sp³-hybridized carbons (Fsp3) is 0.481. The summed E-state index contributed by atoms with van der Waals surface area (Å²) < 4.78 is 10.7. The molecule has 39 heavy (non-hydrogen) atoms. The first-order valence-corrected chi connectivity index (χ1v) is 13.2. The Kier molecular flexibility index (Phi) is 7.88. The van der Waals surface area contributed by atoms with E-state index in [2.05, 4.69) is 26.3 Å². The molecule has 2 fully saturated rings. The molecule has 1 atom stereocenters. The van der Waals surface area contributed by atoms with Gasteiger partial charge in [-0.05, 0) is 43.7 Å². The Morgan fingerprint density at radius 3 is 2.92 bits per heavy atom. The van der Waals surface area contributed by atoms with Crippen molar-refractivity contribution in [2.24, 2.45) is 0 Å². The van der Waals surface area contributed by atoms with Crippen LogP contribution in [0.3, 0.4) is 0 Å². The van der Waals surface area contributed by atoms with Crippen LogP contribution < -0.4 is 15.1 Å². The van der Waals surface area contributed by atoms with Crippen LogP contribution in [0.25, 0.3) is 0 Å². The number of urea groups is 1. The van der Waals surface area contributed by atoms with Crippen molar-refractivity contribution < 1.29 is 23.9 Å². The molecule has 2 saturated heterocycles. The number of cyclic esters (lactones) is 1. The number of pyridine rings is 2. The molecule has 3 aliphatic heterocycles. The Bertz CT molecular complexity index is 1310. The average molecular weight is 534 g/mol. The third-order valence-electron chi connectivity index (χ3n) is 7.36. The lowest BCUT2D eigenvalue weighted by Crippen LogP contribution is -2.40. The van der Waals surface area contributed by atoms with E-state index in [1.54, 1.807) is 18.1 Å². The number of aromatic nitrogens is 2. The molecule has 1 N–H and O–H groups in total. The van der Waals surface area contributed by atoms with Gasteiger partial charge in [-0.15, -0.1) is 0 Å². The third kappa shape index (κ3) is 5.63. The number of aryl methyl sites for hydroxylation is 1. The molecule has 12 nitrogen and oxygen atoms in total. The summed E-state index contributed by atoms with van der Waals surface area (Å²) in [6.45, 7) is 2.97. The summed E-state index contributed by atoms with van der Waals surface area (Å²) in [7, 11) is 1.67. The fourth-order valence-corrected chi connectivity index (χ4v) is 5.26. The molecule has 0 aromatic carbocycles. The largest absolute Gasteiger partial charge is 0.449 e. The van der Waals surface area contributed by atoms with Crippen LogP contribution in [0.15, 0.2) is 18.3 Å². The van der Waals surface area contributed by atoms with Crippen LogP contribution in [0.4, 0.5) is 26.9 Å². The standard InChI is InChI=1S/C27H31N7O5/c1-38-21-6-9-32(16-21)23-12-24(29-14-20(23)13-28)31-26(36)34-8-4-5-18-11-19(22(17-35)30-25(18)34)15-33-7-2-3-10-39-27(33)37/h11-12,14,17,21H,2-10,15-16H2,1H3,(H,29,31,36). The first-order chi connectivity index (χ1) is 19.0. The van der Waals surface area contributed by atoms with Gasteiger partial charge in [-0.1, -0.05) is 0 Å². The van der Waals surface area contributed by atoms with E-state index in [1.165, 1.54) is 11.1 Å². The van der Waals surface area contributed by atoms with Gasteiger partial charge < -0.3 is 19.3 Å². The van der Waals surface area contributed by atoms with Crippen LogP contribution in [0.2, 0.25) is 0 Å². The highest BCUT2D eigenvalue weighted by Crippen LogP contribution is 2.30. The van der Waals surface area contributed by atoms with Crippen LogP contribution in [-0.4, -0.2) is 79.3 Å². The Morgan fingerprint density at radius 2 is 2.15 bits per heavy atom. The van der Waals surface area contributed by atoms with Crippen molar-refractivity contribution in [1.82, 2.24) is 14.9 Å². The van der Waals surface area contributed by atoms with Gasteiger partial charge in [-0.3, -0.25) is 15.0 Å². The minimum atomic E-state index is -0.427. The third-order valence-corrected chi connectivity index (χ3v) is 7.36. The maximum atomic E-state index is 13.4. The molecule has 3 amide bonds. The summed E-state index contributed by atoms with van der Waals surface area (Å²) >= 11 is 0. The van der Waals surface area contributed by atoms with Gasteiger partial charge >= 0.3 is 12.1 Å². The molecule has 0 aliphatic carbocycles. The summed E-state index contributed by atoms with van der Waals surface area (Å²) in [5, 5.41) is 12.4. The lowest BCUT2D eigenvalue weighted by atomic mass is 10.0. The molecule has 12 heteroatoms. The van der Waals surface area contributed by atoms with E-state index in [1.807, 2.05) is 6.07 Å². The number of fused-ring (bicyclic) bond motifs is 1. The molecule has 1 unspecified atom stereocenters. The first-order valence-electron chi connectivity index (χ1n) is 13.2. The van der Waals surface area contributed by atoms with Crippen molar-refractivity contribution in [3.63, 3.8) is 0 Å². The van der Waals surface area contributed by atoms with E-state index < -0.39 is 12.1 Å². The number of hydrogen-bond donors (Lipinski definition) is 1. The normalized spacial score (nSPS) is 19.1. The van der Waals surface area contributed by atoms with Crippen LogP contribution in [0.1, 0.15) is 52.9 Å². The maximum absolute atomic E-state index is 13.4. The number of amides is 3. The summed E-state index contributed by atoms with van der Waals surface area (Å²) in [5.74, 6) is 0.730. The van der Waals surface area contributed by atoms with Gasteiger partial charge in [0.2, 0.25) is 0 Å². The predicted molar refractivity (Wildman–Crippen MR) is 142 cm³/mol. The number of nitriles is 1. The number of ether oxygens (including phenoxy) is 2. The molecular formula is C27H31N7O5. The van der Waals surface area contributed by atoms with Gasteiger partial charge in [0, 0.05) is 51.1 Å². The highest BCUT2D eigenvalue weighted by Gasteiger charge is 2.29. The van der Waals surface area contributed by atoms with Crippen molar-refractivity contribution in [1.29, 1.82) is 5.26 Å². The van der Waals surface area contributed by atoms with Gasteiger partial charge in [0.15, 0.2) is 6.29 Å². The molecule has 0 spiro atoms. The summed E-state index contributed by atoms with van der Waals surface area (Å²) in [6.07, 6.45) is 5.68. The van der Waals surface area contributed by atoms with Crippen molar-refractivity contribution in [2.45, 2.75) is 44.8 Å². The Hall–Kier alpha value is -4.24. The molecular weight excluding hydrogens is 502 g/mol. The molecule has 2 aromatic rings. The van der Waals surface area contributed by atoms with E-state index in [0.29, 0.717) is 73.8 Å². The van der Waals surface area contributed by atoms with Crippen molar-refractivity contribution >= 4 is 35.7 Å². The van der Waals surface area contributed by atoms with Crippen molar-refractivity contribution in [3.8, 4) is 6.07 Å². The number of methoxy groups -OCH3 is 1. The maximum Gasteiger partial charge on any atom is 0.410 e. The zero-order valence-corrected chi connectivity index (χ0v) is 21.9. The summed E-state index contributed by atoms with van der Waals surface area (Å²) in [5.41, 5.74) is 2.76. The first kappa shape index (κ1) is 26.4. The molecule has 3 aliphatic rings. The van der Waals surface area contributed by atoms with Crippen molar-refractivity contribution in [3.05, 3.63) is 40.7 Å². The summed E-state index contributed by atoms with van der Waals surface area (Å²) in [4.78, 5) is 51.6. The monoisotopic (exact) mass is 533 g/mol. The zero-order chi connectivity index (χ0) is 27.4. The van der Waals surface area contributed by atoms with Gasteiger partial charge in [-0.25, -0.2) is 19.6 Å². The number of nitrogens with one attached hydrogen (secondary N) is 1. The Labute approximate surface area is 226 Å². The Balaban J connectivity index is 1.36. The average Bonchev–Trinajstić information content (AvgIpc) is 3.35. The van der Waals surface area contributed by atoms with Gasteiger partial charge in [0.05, 0.1) is 30.5 Å². The lowest BCUT2D eigenvalue weighted by Gasteiger charge is -2.30. The topological polar surface area (TPSA) is 141 Å². The van der Waals surface area contributed by atoms with E-state index in [9.17, 15) is 19.6 Å². The predicted octanol–water partition coefficient (Wildman–Crippen LogP) is 3.10. The molecule has 0 bridgehead atoms. The number of hydrogen-bond acceptors (Lipinski definition) is 9. The number of nitrogens with zero attached hydrogens (tertiary/aromatic N) is 6. The molecule has 2 aromatic heterocycles. The highest BCUT2D eigenvalue weighted by molar-refractivity contribution is 6.02. The van der Waals surface area contributed by atoms with E-state index in [4.69, 9.17) is 9.47 Å². The minimum absolute atomic E-state index is 0.0839. The molecule has 5 heterocycles. The van der Waals surface area contributed by atoms with E-state index >= 15 is 0 Å². The summed E-state index contributed by atoms with van der Waals surface area (Å²) in [6, 6.07) is 5.31. The second-order valence-corrected chi connectivity index (χ2v) is 9.85. The second kappa shape index (κ2) is 11.7. The van der Waals surface area contributed by atoms with Crippen LogP contribution in [-0.2, 0) is 22.4 Å². The second-order valence-electron chi connectivity index (χ2n) is 9.85. The zero-order valence-electron chi connectivity index (χ0n) is 21.9. The minimum Gasteiger partial charge on any atom is -0.449 e.